The monoisotopic (exact) mass is 226 g/mol. The number of carbonyl (C=O) groups excluding carboxylic acids is 1. The summed E-state index contributed by atoms with van der Waals surface area (Å²) >= 11 is 0. The Morgan fingerprint density at radius 1 is 1.25 bits per heavy atom. The third-order valence-corrected chi connectivity index (χ3v) is 2.25. The molecule has 0 spiro atoms. The van der Waals surface area contributed by atoms with Gasteiger partial charge in [0.25, 0.3) is 0 Å². The van der Waals surface area contributed by atoms with Crippen LogP contribution in [-0.2, 0) is 0 Å². The van der Waals surface area contributed by atoms with E-state index < -0.39 is 0 Å². The molecule has 3 nitrogen and oxygen atoms in total. The number of nitrogens with one attached hydrogen (secondary N) is 1. The summed E-state index contributed by atoms with van der Waals surface area (Å²) in [4.78, 5) is 13.7. The van der Waals surface area contributed by atoms with E-state index in [9.17, 15) is 4.79 Å². The maximum absolute atomic E-state index is 11.8. The number of rotatable bonds is 7. The number of allylic oxidation sites excluding steroid dienone is 1. The molecule has 0 aliphatic heterocycles. The van der Waals surface area contributed by atoms with Crippen LogP contribution in [0.25, 0.3) is 0 Å². The van der Waals surface area contributed by atoms with Gasteiger partial charge in [-0.2, -0.15) is 0 Å². The third kappa shape index (κ3) is 7.32. The van der Waals surface area contributed by atoms with E-state index in [1.807, 2.05) is 11.0 Å². The van der Waals surface area contributed by atoms with Crippen LogP contribution < -0.4 is 5.32 Å². The highest BCUT2D eigenvalue weighted by Gasteiger charge is 2.09. The van der Waals surface area contributed by atoms with Crippen molar-refractivity contribution in [3.8, 4) is 0 Å². The summed E-state index contributed by atoms with van der Waals surface area (Å²) in [5.41, 5.74) is 0. The number of hydrogen-bond acceptors (Lipinski definition) is 1. The first-order valence-electron chi connectivity index (χ1n) is 6.33. The highest BCUT2D eigenvalue weighted by atomic mass is 16.2. The lowest BCUT2D eigenvalue weighted by Gasteiger charge is -2.21. The molecule has 0 saturated carbocycles. The average Bonchev–Trinajstić information content (AvgIpc) is 2.23. The van der Waals surface area contributed by atoms with E-state index in [0.29, 0.717) is 5.92 Å². The standard InChI is InChI=1S/C13H26N2O/c1-5-7-11-15(10-6-2)13(16)14-9-8-12(3)4/h8-9,12H,5-7,10-11H2,1-4H3,(H,14,16)/b9-8+. The van der Waals surface area contributed by atoms with Gasteiger partial charge >= 0.3 is 6.03 Å². The lowest BCUT2D eigenvalue weighted by Crippen LogP contribution is -2.38. The van der Waals surface area contributed by atoms with E-state index in [2.05, 4.69) is 33.0 Å². The smallest absolute Gasteiger partial charge is 0.321 e. The normalized spacial score (nSPS) is 11.1. The summed E-state index contributed by atoms with van der Waals surface area (Å²) in [6.45, 7) is 10.1. The molecule has 0 heterocycles. The number of urea groups is 1. The summed E-state index contributed by atoms with van der Waals surface area (Å²) in [5.74, 6) is 0.468. The van der Waals surface area contributed by atoms with Gasteiger partial charge in [0.05, 0.1) is 0 Å². The topological polar surface area (TPSA) is 32.3 Å². The molecule has 0 aliphatic rings. The molecular weight excluding hydrogens is 200 g/mol. The Morgan fingerprint density at radius 2 is 1.94 bits per heavy atom. The Kier molecular flexibility index (Phi) is 8.68. The Balaban J connectivity index is 4.05. The SMILES string of the molecule is CCCCN(CCC)C(=O)N/C=C/C(C)C. The molecule has 2 amide bonds. The Morgan fingerprint density at radius 3 is 2.44 bits per heavy atom. The number of carbonyl (C=O) groups is 1. The maximum atomic E-state index is 11.8. The van der Waals surface area contributed by atoms with Gasteiger partial charge < -0.3 is 10.2 Å². The van der Waals surface area contributed by atoms with E-state index in [-0.39, 0.29) is 6.03 Å². The minimum absolute atomic E-state index is 0.0206. The van der Waals surface area contributed by atoms with E-state index in [1.165, 1.54) is 0 Å². The van der Waals surface area contributed by atoms with Crippen LogP contribution in [0.4, 0.5) is 4.79 Å². The molecule has 94 valence electrons. The Labute approximate surface area is 99.9 Å². The zero-order chi connectivity index (χ0) is 12.4. The Hall–Kier alpha value is -0.990. The molecule has 0 aromatic rings. The fourth-order valence-electron chi connectivity index (χ4n) is 1.34. The van der Waals surface area contributed by atoms with Crippen LogP contribution in [0.5, 0.6) is 0 Å². The molecule has 1 N–H and O–H groups in total. The molecule has 0 aromatic carbocycles. The van der Waals surface area contributed by atoms with Crippen LogP contribution in [0.3, 0.4) is 0 Å². The van der Waals surface area contributed by atoms with Crippen molar-refractivity contribution in [3.05, 3.63) is 12.3 Å². The van der Waals surface area contributed by atoms with Gasteiger partial charge in [0.15, 0.2) is 0 Å². The van der Waals surface area contributed by atoms with Crippen LogP contribution in [0.15, 0.2) is 12.3 Å². The van der Waals surface area contributed by atoms with Gasteiger partial charge in [0.1, 0.15) is 0 Å². The molecule has 0 aromatic heterocycles. The molecule has 0 bridgehead atoms. The predicted octanol–water partition coefficient (Wildman–Crippen LogP) is 3.38. The summed E-state index contributed by atoms with van der Waals surface area (Å²) < 4.78 is 0. The van der Waals surface area contributed by atoms with Crippen molar-refractivity contribution in [3.63, 3.8) is 0 Å². The Bertz CT molecular complexity index is 212. The van der Waals surface area contributed by atoms with Gasteiger partial charge in [-0.15, -0.1) is 0 Å². The second kappa shape index (κ2) is 9.25. The zero-order valence-corrected chi connectivity index (χ0v) is 11.1. The van der Waals surface area contributed by atoms with Crippen LogP contribution in [0.1, 0.15) is 47.0 Å². The van der Waals surface area contributed by atoms with Gasteiger partial charge in [-0.1, -0.05) is 40.2 Å². The summed E-state index contributed by atoms with van der Waals surface area (Å²) in [7, 11) is 0. The van der Waals surface area contributed by atoms with E-state index >= 15 is 0 Å². The molecule has 0 rings (SSSR count). The minimum Gasteiger partial charge on any atom is -0.325 e. The van der Waals surface area contributed by atoms with Gasteiger partial charge in [-0.3, -0.25) is 0 Å². The molecule has 3 heteroatoms. The maximum Gasteiger partial charge on any atom is 0.321 e. The number of nitrogens with zero attached hydrogens (tertiary/aromatic N) is 1. The van der Waals surface area contributed by atoms with E-state index in [0.717, 1.165) is 32.4 Å². The van der Waals surface area contributed by atoms with Crippen molar-refractivity contribution < 1.29 is 4.79 Å². The predicted molar refractivity (Wildman–Crippen MR) is 69.3 cm³/mol. The van der Waals surface area contributed by atoms with Gasteiger partial charge in [0, 0.05) is 19.3 Å². The first kappa shape index (κ1) is 15.0. The number of unbranched alkanes of at least 4 members (excludes halogenated alkanes) is 1. The van der Waals surface area contributed by atoms with Gasteiger partial charge in [-0.25, -0.2) is 4.79 Å². The van der Waals surface area contributed by atoms with E-state index in [4.69, 9.17) is 0 Å². The summed E-state index contributed by atoms with van der Waals surface area (Å²) in [6.07, 6.45) is 6.94. The highest BCUT2D eigenvalue weighted by Crippen LogP contribution is 1.98. The van der Waals surface area contributed by atoms with Crippen LogP contribution >= 0.6 is 0 Å². The van der Waals surface area contributed by atoms with Crippen molar-refractivity contribution in [2.24, 2.45) is 5.92 Å². The number of hydrogen-bond donors (Lipinski definition) is 1. The molecule has 0 unspecified atom stereocenters. The van der Waals surface area contributed by atoms with Crippen molar-refractivity contribution in [2.45, 2.75) is 47.0 Å². The van der Waals surface area contributed by atoms with Crippen molar-refractivity contribution in [2.75, 3.05) is 13.1 Å². The first-order chi connectivity index (χ1) is 7.61. The molecule has 0 aliphatic carbocycles. The fraction of sp³-hybridized carbons (Fsp3) is 0.769. The summed E-state index contributed by atoms with van der Waals surface area (Å²) in [5, 5.41) is 2.81. The van der Waals surface area contributed by atoms with Crippen LogP contribution in [0, 0.1) is 5.92 Å². The largest absolute Gasteiger partial charge is 0.325 e. The van der Waals surface area contributed by atoms with E-state index in [1.54, 1.807) is 6.20 Å². The van der Waals surface area contributed by atoms with Crippen LogP contribution in [-0.4, -0.2) is 24.0 Å². The fourth-order valence-corrected chi connectivity index (χ4v) is 1.34. The van der Waals surface area contributed by atoms with Crippen molar-refractivity contribution in [1.29, 1.82) is 0 Å². The van der Waals surface area contributed by atoms with Gasteiger partial charge in [0.2, 0.25) is 0 Å². The minimum atomic E-state index is 0.0206. The second-order valence-electron chi connectivity index (χ2n) is 4.39. The summed E-state index contributed by atoms with van der Waals surface area (Å²) in [6, 6.07) is 0.0206. The highest BCUT2D eigenvalue weighted by molar-refractivity contribution is 5.75. The second-order valence-corrected chi connectivity index (χ2v) is 4.39. The van der Waals surface area contributed by atoms with Gasteiger partial charge in [-0.05, 0) is 18.8 Å². The first-order valence-corrected chi connectivity index (χ1v) is 6.33. The zero-order valence-electron chi connectivity index (χ0n) is 11.1. The lowest BCUT2D eigenvalue weighted by atomic mass is 10.2. The quantitative estimate of drug-likeness (QED) is 0.709. The average molecular weight is 226 g/mol. The van der Waals surface area contributed by atoms with Crippen LogP contribution in [0.2, 0.25) is 0 Å². The third-order valence-electron chi connectivity index (χ3n) is 2.25. The molecule has 0 radical (unpaired) electrons. The molecule has 0 saturated heterocycles. The van der Waals surface area contributed by atoms with Crippen molar-refractivity contribution in [1.82, 2.24) is 10.2 Å². The van der Waals surface area contributed by atoms with Crippen molar-refractivity contribution >= 4 is 6.03 Å². The molecule has 0 atom stereocenters. The molecular formula is C13H26N2O. The molecule has 16 heavy (non-hydrogen) atoms. The molecule has 0 fully saturated rings. The number of amides is 2. The lowest BCUT2D eigenvalue weighted by molar-refractivity contribution is 0.200.